The lowest BCUT2D eigenvalue weighted by molar-refractivity contribution is -0.417. The quantitative estimate of drug-likeness (QED) is 0.371. The van der Waals surface area contributed by atoms with Crippen LogP contribution in [0.2, 0.25) is 0 Å². The van der Waals surface area contributed by atoms with Crippen LogP contribution in [0, 0.1) is 0 Å². The van der Waals surface area contributed by atoms with Crippen molar-refractivity contribution in [3.8, 4) is 0 Å². The average Bonchev–Trinajstić information content (AvgIpc) is 1.83. The van der Waals surface area contributed by atoms with E-state index in [-0.39, 0.29) is 0 Å². The van der Waals surface area contributed by atoms with Crippen molar-refractivity contribution in [2.24, 2.45) is 4.99 Å². The van der Waals surface area contributed by atoms with E-state index in [1.54, 1.807) is 6.20 Å². The van der Waals surface area contributed by atoms with Crippen molar-refractivity contribution in [1.82, 2.24) is 0 Å². The molecule has 0 heterocycles. The monoisotopic (exact) mass is 111 g/mol. The summed E-state index contributed by atoms with van der Waals surface area (Å²) < 4.78 is 1.90. The van der Waals surface area contributed by atoms with Gasteiger partial charge in [0.2, 0.25) is 0 Å². The molecule has 0 bridgehead atoms. The number of aliphatic imine (C=N–C) groups is 1. The number of nitrogens with zero attached hydrogens (tertiary/aromatic N) is 2. The molecule has 0 saturated carbocycles. The van der Waals surface area contributed by atoms with E-state index in [0.717, 1.165) is 0 Å². The third kappa shape index (κ3) is 3.28. The van der Waals surface area contributed by atoms with E-state index >= 15 is 0 Å². The van der Waals surface area contributed by atoms with Crippen molar-refractivity contribution in [2.75, 3.05) is 7.05 Å². The predicted octanol–water partition coefficient (Wildman–Crippen LogP) is 0.891. The molecule has 0 aliphatic rings. The second-order valence-electron chi connectivity index (χ2n) is 1.40. The molecule has 0 aliphatic carbocycles. The van der Waals surface area contributed by atoms with E-state index in [1.807, 2.05) is 31.0 Å². The van der Waals surface area contributed by atoms with E-state index in [4.69, 9.17) is 0 Å². The maximum Gasteiger partial charge on any atom is 0.186 e. The highest BCUT2D eigenvalue weighted by Gasteiger charge is 1.77. The lowest BCUT2D eigenvalue weighted by Gasteiger charge is -1.77. The summed E-state index contributed by atoms with van der Waals surface area (Å²) in [5, 5.41) is 0. The summed E-state index contributed by atoms with van der Waals surface area (Å²) in [6, 6.07) is 0. The Morgan fingerprint density at radius 3 is 2.62 bits per heavy atom. The van der Waals surface area contributed by atoms with Crippen LogP contribution in [0.1, 0.15) is 6.92 Å². The molecule has 0 fully saturated rings. The minimum Gasteiger partial charge on any atom is -0.266 e. The highest BCUT2D eigenvalue weighted by Crippen LogP contribution is 1.70. The van der Waals surface area contributed by atoms with Gasteiger partial charge in [0.25, 0.3) is 0 Å². The third-order valence-corrected chi connectivity index (χ3v) is 0.814. The molecule has 0 N–H and O–H groups in total. The van der Waals surface area contributed by atoms with Gasteiger partial charge in [-0.1, -0.05) is 0 Å². The van der Waals surface area contributed by atoms with Gasteiger partial charge in [0, 0.05) is 6.92 Å². The molecule has 0 atom stereocenters. The molecule has 0 aliphatic heterocycles. The molecule has 0 saturated heterocycles. The second-order valence-corrected chi connectivity index (χ2v) is 1.40. The van der Waals surface area contributed by atoms with Gasteiger partial charge in [-0.05, 0) is 6.72 Å². The molecule has 0 aromatic rings. The first-order valence-electron chi connectivity index (χ1n) is 2.45. The zero-order valence-electron chi connectivity index (χ0n) is 5.33. The van der Waals surface area contributed by atoms with E-state index in [0.29, 0.717) is 0 Å². The van der Waals surface area contributed by atoms with Crippen molar-refractivity contribution in [1.29, 1.82) is 0 Å². The lowest BCUT2D eigenvalue weighted by atomic mass is 10.7. The highest BCUT2D eigenvalue weighted by molar-refractivity contribution is 5.46. The van der Waals surface area contributed by atoms with Gasteiger partial charge in [-0.25, -0.2) is 4.58 Å². The van der Waals surface area contributed by atoms with Gasteiger partial charge in [-0.3, -0.25) is 4.99 Å². The van der Waals surface area contributed by atoms with Crippen LogP contribution in [0.5, 0.6) is 0 Å². The molecule has 2 heteroatoms. The van der Waals surface area contributed by atoms with E-state index in [9.17, 15) is 0 Å². The minimum atomic E-state index is 1.64. The van der Waals surface area contributed by atoms with Crippen molar-refractivity contribution in [3.63, 3.8) is 0 Å². The Hall–Kier alpha value is -0.920. The van der Waals surface area contributed by atoms with E-state index < -0.39 is 0 Å². The number of hydrogen-bond donors (Lipinski definition) is 0. The second kappa shape index (κ2) is 4.24. The number of rotatable bonds is 2. The maximum absolute atomic E-state index is 3.53. The molecule has 0 aromatic carbocycles. The molecule has 0 amide bonds. The van der Waals surface area contributed by atoms with Gasteiger partial charge in [0.05, 0.1) is 6.20 Å². The average molecular weight is 111 g/mol. The van der Waals surface area contributed by atoms with Crippen LogP contribution in [0.25, 0.3) is 0 Å². The van der Waals surface area contributed by atoms with Gasteiger partial charge in [0.15, 0.2) is 6.20 Å². The number of hydrogen-bond acceptors (Lipinski definition) is 1. The van der Waals surface area contributed by atoms with Crippen LogP contribution < -0.4 is 0 Å². The van der Waals surface area contributed by atoms with Gasteiger partial charge < -0.3 is 0 Å². The van der Waals surface area contributed by atoms with Gasteiger partial charge in [0.1, 0.15) is 13.3 Å². The summed E-state index contributed by atoms with van der Waals surface area (Å²) in [5.74, 6) is 0. The van der Waals surface area contributed by atoms with Crippen molar-refractivity contribution >= 4 is 12.9 Å². The van der Waals surface area contributed by atoms with Gasteiger partial charge >= 0.3 is 0 Å². The topological polar surface area (TPSA) is 15.4 Å². The first kappa shape index (κ1) is 7.08. The first-order valence-corrected chi connectivity index (χ1v) is 2.45. The molecule has 2 nitrogen and oxygen atoms in total. The first-order chi connectivity index (χ1) is 3.81. The summed E-state index contributed by atoms with van der Waals surface area (Å²) in [6.45, 7) is 5.24. The zero-order valence-corrected chi connectivity index (χ0v) is 5.33. The van der Waals surface area contributed by atoms with Gasteiger partial charge in [-0.15, -0.1) is 0 Å². The Morgan fingerprint density at radius 2 is 2.25 bits per heavy atom. The molecule has 0 unspecified atom stereocenters. The van der Waals surface area contributed by atoms with Crippen LogP contribution in [-0.4, -0.2) is 24.6 Å². The Morgan fingerprint density at radius 1 is 1.62 bits per heavy atom. The molecule has 0 spiro atoms. The normalized spacial score (nSPS) is 12.5. The largest absolute Gasteiger partial charge is 0.266 e. The van der Waals surface area contributed by atoms with Crippen LogP contribution >= 0.6 is 0 Å². The molecular weight excluding hydrogens is 100 g/mol. The van der Waals surface area contributed by atoms with Crippen LogP contribution in [-0.2, 0) is 0 Å². The summed E-state index contributed by atoms with van der Waals surface area (Å²) >= 11 is 0. The fraction of sp³-hybridized carbons (Fsp3) is 0.333. The highest BCUT2D eigenvalue weighted by atomic mass is 14.9. The summed E-state index contributed by atoms with van der Waals surface area (Å²) in [6.07, 6.45) is 5.40. The standard InChI is InChI=1S/C6H11N2/c1-4-8(3)6-5-7-2/h4-6H,2H2,1,3H3/q+1. The molecule has 0 aromatic heterocycles. The molecular formula is C6H11N2+. The Bertz CT molecular complexity index is 122. The maximum atomic E-state index is 3.53. The van der Waals surface area contributed by atoms with Crippen molar-refractivity contribution in [3.05, 3.63) is 12.4 Å². The molecule has 44 valence electrons. The molecule has 0 radical (unpaired) electrons. The zero-order chi connectivity index (χ0) is 6.41. The van der Waals surface area contributed by atoms with Crippen LogP contribution in [0.15, 0.2) is 17.4 Å². The van der Waals surface area contributed by atoms with Crippen molar-refractivity contribution in [2.45, 2.75) is 6.92 Å². The minimum absolute atomic E-state index is 1.64. The Kier molecular flexibility index (Phi) is 3.76. The fourth-order valence-corrected chi connectivity index (χ4v) is 0.238. The molecule has 0 rings (SSSR count). The van der Waals surface area contributed by atoms with Crippen LogP contribution in [0.4, 0.5) is 0 Å². The van der Waals surface area contributed by atoms with Gasteiger partial charge in [-0.2, -0.15) is 0 Å². The SMILES string of the molecule is C=NC=C[N+](C)=CC. The van der Waals surface area contributed by atoms with E-state index in [2.05, 4.69) is 11.7 Å². The summed E-state index contributed by atoms with van der Waals surface area (Å²) in [5.41, 5.74) is 0. The Labute approximate surface area is 49.9 Å². The molecule has 8 heavy (non-hydrogen) atoms. The van der Waals surface area contributed by atoms with E-state index in [1.165, 1.54) is 0 Å². The smallest absolute Gasteiger partial charge is 0.186 e. The predicted molar refractivity (Wildman–Crippen MR) is 36.6 cm³/mol. The van der Waals surface area contributed by atoms with Crippen LogP contribution in [0.3, 0.4) is 0 Å². The fourth-order valence-electron chi connectivity index (χ4n) is 0.238. The lowest BCUT2D eigenvalue weighted by Crippen LogP contribution is -1.92. The third-order valence-electron chi connectivity index (χ3n) is 0.814. The summed E-state index contributed by atoms with van der Waals surface area (Å²) in [4.78, 5) is 3.53. The van der Waals surface area contributed by atoms with Crippen molar-refractivity contribution < 1.29 is 4.58 Å². The Balaban J connectivity index is 3.69. The summed E-state index contributed by atoms with van der Waals surface area (Å²) in [7, 11) is 1.93.